The zero-order valence-corrected chi connectivity index (χ0v) is 14.4. The van der Waals surface area contributed by atoms with Gasteiger partial charge >= 0.3 is 0 Å². The molecule has 1 saturated heterocycles. The lowest BCUT2D eigenvalue weighted by Crippen LogP contribution is -2.46. The Kier molecular flexibility index (Phi) is 4.63. The Hall–Kier alpha value is -1.72. The summed E-state index contributed by atoms with van der Waals surface area (Å²) in [6.45, 7) is 6.09. The molecule has 0 unspecified atom stereocenters. The van der Waals surface area contributed by atoms with Gasteiger partial charge in [0.15, 0.2) is 0 Å². The molecule has 1 aliphatic carbocycles. The third-order valence-electron chi connectivity index (χ3n) is 5.39. The van der Waals surface area contributed by atoms with Gasteiger partial charge in [0, 0.05) is 30.6 Å². The van der Waals surface area contributed by atoms with Gasteiger partial charge in [-0.15, -0.1) is 0 Å². The average Bonchev–Trinajstić information content (AvgIpc) is 2.64. The highest BCUT2D eigenvalue weighted by Gasteiger charge is 2.27. The molecule has 1 aromatic carbocycles. The number of nitrogens with one attached hydrogen (secondary N) is 1. The Bertz CT molecular complexity index is 691. The lowest BCUT2D eigenvalue weighted by atomic mass is 9.90. The summed E-state index contributed by atoms with van der Waals surface area (Å²) in [6.07, 6.45) is 6.61. The summed E-state index contributed by atoms with van der Waals surface area (Å²) >= 11 is 0. The molecule has 0 radical (unpaired) electrons. The number of fused-ring (bicyclic) bond motifs is 1. The molecule has 0 bridgehead atoms. The standard InChI is InChI=1S/C19H26N4O/c1-14-2-7-18-17(12-14)19(21-13-20-18)22-15-3-5-16(6-4-15)23-8-10-24-11-9-23/h2,7,12-13,15-16H,3-6,8-11H2,1H3,(H,20,21,22). The van der Waals surface area contributed by atoms with E-state index in [0.717, 1.165) is 49.1 Å². The molecule has 0 amide bonds. The van der Waals surface area contributed by atoms with Gasteiger partial charge in [-0.25, -0.2) is 9.97 Å². The normalized spacial score (nSPS) is 25.7. The van der Waals surface area contributed by atoms with Crippen LogP contribution in [0.1, 0.15) is 31.2 Å². The topological polar surface area (TPSA) is 50.3 Å². The molecule has 0 spiro atoms. The van der Waals surface area contributed by atoms with Crippen molar-refractivity contribution in [3.63, 3.8) is 0 Å². The van der Waals surface area contributed by atoms with E-state index in [0.29, 0.717) is 6.04 Å². The molecule has 5 nitrogen and oxygen atoms in total. The first-order chi connectivity index (χ1) is 11.8. The summed E-state index contributed by atoms with van der Waals surface area (Å²) in [5, 5.41) is 4.81. The molecule has 24 heavy (non-hydrogen) atoms. The van der Waals surface area contributed by atoms with Crippen LogP contribution in [0.5, 0.6) is 0 Å². The quantitative estimate of drug-likeness (QED) is 0.940. The van der Waals surface area contributed by atoms with E-state index in [2.05, 4.69) is 45.3 Å². The van der Waals surface area contributed by atoms with Crippen molar-refractivity contribution in [3.8, 4) is 0 Å². The van der Waals surface area contributed by atoms with Crippen LogP contribution >= 0.6 is 0 Å². The number of nitrogens with zero attached hydrogens (tertiary/aromatic N) is 3. The minimum Gasteiger partial charge on any atom is -0.379 e. The molecule has 1 aromatic heterocycles. The van der Waals surface area contributed by atoms with Crippen LogP contribution in [0, 0.1) is 6.92 Å². The molecule has 4 rings (SSSR count). The lowest BCUT2D eigenvalue weighted by Gasteiger charge is -2.39. The van der Waals surface area contributed by atoms with Crippen LogP contribution in [0.4, 0.5) is 5.82 Å². The van der Waals surface area contributed by atoms with E-state index in [1.165, 1.54) is 31.2 Å². The summed E-state index contributed by atoms with van der Waals surface area (Å²) in [6, 6.07) is 7.61. The SMILES string of the molecule is Cc1ccc2ncnc(NC3CCC(N4CCOCC4)CC3)c2c1. The first kappa shape index (κ1) is 15.8. The van der Waals surface area contributed by atoms with E-state index in [1.54, 1.807) is 6.33 Å². The van der Waals surface area contributed by atoms with Crippen molar-refractivity contribution < 1.29 is 4.74 Å². The van der Waals surface area contributed by atoms with E-state index in [1.807, 2.05) is 0 Å². The Balaban J connectivity index is 1.41. The molecule has 2 aliphatic rings. The number of hydrogen-bond acceptors (Lipinski definition) is 5. The monoisotopic (exact) mass is 326 g/mol. The van der Waals surface area contributed by atoms with Gasteiger partial charge in [-0.05, 0) is 44.7 Å². The van der Waals surface area contributed by atoms with Gasteiger partial charge in [-0.1, -0.05) is 11.6 Å². The highest BCUT2D eigenvalue weighted by atomic mass is 16.5. The maximum atomic E-state index is 5.47. The van der Waals surface area contributed by atoms with Crippen molar-refractivity contribution in [3.05, 3.63) is 30.1 Å². The summed E-state index contributed by atoms with van der Waals surface area (Å²) < 4.78 is 5.47. The zero-order chi connectivity index (χ0) is 16.4. The number of hydrogen-bond donors (Lipinski definition) is 1. The highest BCUT2D eigenvalue weighted by molar-refractivity contribution is 5.89. The summed E-state index contributed by atoms with van der Waals surface area (Å²) in [7, 11) is 0. The second-order valence-corrected chi connectivity index (χ2v) is 7.04. The van der Waals surface area contributed by atoms with Crippen molar-refractivity contribution in [2.24, 2.45) is 0 Å². The molecule has 1 saturated carbocycles. The molecule has 1 N–H and O–H groups in total. The van der Waals surface area contributed by atoms with Crippen molar-refractivity contribution in [1.82, 2.24) is 14.9 Å². The maximum Gasteiger partial charge on any atom is 0.137 e. The lowest BCUT2D eigenvalue weighted by molar-refractivity contribution is 0.00791. The number of aromatic nitrogens is 2. The molecule has 0 atom stereocenters. The van der Waals surface area contributed by atoms with Gasteiger partial charge in [0.25, 0.3) is 0 Å². The number of aryl methyl sites for hydroxylation is 1. The number of rotatable bonds is 3. The first-order valence-corrected chi connectivity index (χ1v) is 9.09. The third kappa shape index (κ3) is 3.37. The summed E-state index contributed by atoms with van der Waals surface area (Å²) in [5.74, 6) is 0.985. The van der Waals surface area contributed by atoms with Crippen LogP contribution in [0.15, 0.2) is 24.5 Å². The number of anilines is 1. The number of ether oxygens (including phenoxy) is 1. The second-order valence-electron chi connectivity index (χ2n) is 7.04. The first-order valence-electron chi connectivity index (χ1n) is 9.09. The van der Waals surface area contributed by atoms with E-state index in [4.69, 9.17) is 4.74 Å². The van der Waals surface area contributed by atoms with Crippen molar-refractivity contribution in [2.45, 2.75) is 44.7 Å². The van der Waals surface area contributed by atoms with Gasteiger partial charge < -0.3 is 10.1 Å². The van der Waals surface area contributed by atoms with Crippen molar-refractivity contribution >= 4 is 16.7 Å². The van der Waals surface area contributed by atoms with Crippen LogP contribution in [-0.2, 0) is 4.74 Å². The number of morpholine rings is 1. The summed E-state index contributed by atoms with van der Waals surface area (Å²) in [5.41, 5.74) is 2.26. The fourth-order valence-corrected chi connectivity index (χ4v) is 4.01. The van der Waals surface area contributed by atoms with Crippen molar-refractivity contribution in [1.29, 1.82) is 0 Å². The van der Waals surface area contributed by atoms with E-state index in [-0.39, 0.29) is 0 Å². The van der Waals surface area contributed by atoms with Gasteiger partial charge in [-0.2, -0.15) is 0 Å². The molecular weight excluding hydrogens is 300 g/mol. The predicted octanol–water partition coefficient (Wildman–Crippen LogP) is 2.99. The molecule has 1 aliphatic heterocycles. The predicted molar refractivity (Wildman–Crippen MR) is 96.3 cm³/mol. The molecule has 2 aromatic rings. The zero-order valence-electron chi connectivity index (χ0n) is 14.4. The fourth-order valence-electron chi connectivity index (χ4n) is 4.01. The molecule has 5 heteroatoms. The second kappa shape index (κ2) is 7.03. The minimum atomic E-state index is 0.515. The Morgan fingerprint density at radius 2 is 1.88 bits per heavy atom. The van der Waals surface area contributed by atoms with E-state index < -0.39 is 0 Å². The summed E-state index contributed by atoms with van der Waals surface area (Å²) in [4.78, 5) is 11.5. The van der Waals surface area contributed by atoms with E-state index >= 15 is 0 Å². The van der Waals surface area contributed by atoms with Gasteiger partial charge in [0.1, 0.15) is 12.1 Å². The van der Waals surface area contributed by atoms with Crippen molar-refractivity contribution in [2.75, 3.05) is 31.6 Å². The van der Waals surface area contributed by atoms with Crippen LogP contribution in [0.2, 0.25) is 0 Å². The maximum absolute atomic E-state index is 5.47. The Labute approximate surface area is 143 Å². The third-order valence-corrected chi connectivity index (χ3v) is 5.39. The molecule has 2 fully saturated rings. The van der Waals surface area contributed by atoms with Crippen LogP contribution in [0.25, 0.3) is 10.9 Å². The van der Waals surface area contributed by atoms with E-state index in [9.17, 15) is 0 Å². The van der Waals surface area contributed by atoms with Crippen LogP contribution < -0.4 is 5.32 Å². The Morgan fingerprint density at radius 3 is 2.67 bits per heavy atom. The Morgan fingerprint density at radius 1 is 1.08 bits per heavy atom. The van der Waals surface area contributed by atoms with Gasteiger partial charge in [-0.3, -0.25) is 4.90 Å². The average molecular weight is 326 g/mol. The molecule has 128 valence electrons. The molecule has 2 heterocycles. The van der Waals surface area contributed by atoms with Gasteiger partial charge in [0.2, 0.25) is 0 Å². The number of benzene rings is 1. The van der Waals surface area contributed by atoms with Crippen LogP contribution in [0.3, 0.4) is 0 Å². The molecular formula is C19H26N4O. The highest BCUT2D eigenvalue weighted by Crippen LogP contribution is 2.28. The fraction of sp³-hybridized carbons (Fsp3) is 0.579. The van der Waals surface area contributed by atoms with Gasteiger partial charge in [0.05, 0.1) is 18.7 Å². The van der Waals surface area contributed by atoms with Crippen LogP contribution in [-0.4, -0.2) is 53.3 Å². The smallest absolute Gasteiger partial charge is 0.137 e. The minimum absolute atomic E-state index is 0.515. The largest absolute Gasteiger partial charge is 0.379 e.